The quantitative estimate of drug-likeness (QED) is 0.390. The van der Waals surface area contributed by atoms with E-state index in [4.69, 9.17) is 18.9 Å². The van der Waals surface area contributed by atoms with Crippen LogP contribution in [-0.4, -0.2) is 51.3 Å². The molecule has 1 unspecified atom stereocenters. The second-order valence-corrected chi connectivity index (χ2v) is 8.92. The molecule has 8 heteroatoms. The van der Waals surface area contributed by atoms with Crippen molar-refractivity contribution in [3.05, 3.63) is 87.4 Å². The minimum Gasteiger partial charge on any atom is -0.493 e. The first-order valence-electron chi connectivity index (χ1n) is 11.1. The van der Waals surface area contributed by atoms with Gasteiger partial charge in [0.2, 0.25) is 0 Å². The van der Waals surface area contributed by atoms with Gasteiger partial charge in [-0.1, -0.05) is 15.9 Å². The molecule has 4 rings (SSSR count). The number of halogens is 1. The van der Waals surface area contributed by atoms with Crippen molar-refractivity contribution in [1.82, 2.24) is 4.90 Å². The molecule has 0 radical (unpaired) electrons. The molecule has 1 aliphatic heterocycles. The average Bonchev–Trinajstić information content (AvgIpc) is 2.90. The zero-order valence-corrected chi connectivity index (χ0v) is 21.3. The highest BCUT2D eigenvalue weighted by Gasteiger charge is 2.33. The van der Waals surface area contributed by atoms with E-state index in [0.717, 1.165) is 15.6 Å². The van der Waals surface area contributed by atoms with Crippen LogP contribution in [0.4, 0.5) is 0 Å². The van der Waals surface area contributed by atoms with Gasteiger partial charge in [0.05, 0.1) is 32.9 Å². The zero-order chi connectivity index (χ0) is 24.9. The molecule has 1 atom stereocenters. The van der Waals surface area contributed by atoms with Gasteiger partial charge >= 0.3 is 5.97 Å². The maximum atomic E-state index is 13.5. The predicted molar refractivity (Wildman–Crippen MR) is 134 cm³/mol. The summed E-state index contributed by atoms with van der Waals surface area (Å²) in [7, 11) is 4.54. The van der Waals surface area contributed by atoms with E-state index in [1.54, 1.807) is 50.6 Å². The molecule has 0 fully saturated rings. The van der Waals surface area contributed by atoms with E-state index in [0.29, 0.717) is 41.3 Å². The summed E-state index contributed by atoms with van der Waals surface area (Å²) in [4.78, 5) is 27.1. The Morgan fingerprint density at radius 1 is 0.914 bits per heavy atom. The molecule has 0 spiro atoms. The van der Waals surface area contributed by atoms with Crippen molar-refractivity contribution in [3.8, 4) is 17.2 Å². The lowest BCUT2D eigenvalue weighted by molar-refractivity contribution is 0.0583. The second kappa shape index (κ2) is 10.8. The van der Waals surface area contributed by atoms with E-state index in [1.807, 2.05) is 29.2 Å². The Hall–Kier alpha value is -3.52. The summed E-state index contributed by atoms with van der Waals surface area (Å²) in [5.74, 6) is 1.34. The van der Waals surface area contributed by atoms with Gasteiger partial charge in [0, 0.05) is 16.6 Å². The summed E-state index contributed by atoms with van der Waals surface area (Å²) in [6.45, 7) is 0.759. The topological polar surface area (TPSA) is 74.3 Å². The maximum Gasteiger partial charge on any atom is 0.337 e. The molecule has 3 aromatic carbocycles. The number of fused-ring (bicyclic) bond motifs is 1. The maximum absolute atomic E-state index is 13.5. The predicted octanol–water partition coefficient (Wildman–Crippen LogP) is 5.07. The summed E-state index contributed by atoms with van der Waals surface area (Å²) >= 11 is 3.42. The van der Waals surface area contributed by atoms with Crippen LogP contribution < -0.4 is 14.2 Å². The van der Waals surface area contributed by atoms with Crippen LogP contribution in [0.15, 0.2) is 65.1 Å². The van der Waals surface area contributed by atoms with Crippen LogP contribution in [0.1, 0.15) is 37.9 Å². The first kappa shape index (κ1) is 24.6. The molecule has 1 heterocycles. The Kier molecular flexibility index (Phi) is 7.60. The minimum absolute atomic E-state index is 0.0763. The monoisotopic (exact) mass is 539 g/mol. The fourth-order valence-electron chi connectivity index (χ4n) is 4.19. The third-order valence-electron chi connectivity index (χ3n) is 6.04. The third-order valence-corrected chi connectivity index (χ3v) is 6.57. The number of rotatable bonds is 7. The smallest absolute Gasteiger partial charge is 0.337 e. The van der Waals surface area contributed by atoms with Crippen molar-refractivity contribution in [2.75, 3.05) is 34.5 Å². The molecule has 0 aromatic heterocycles. The molecule has 35 heavy (non-hydrogen) atoms. The lowest BCUT2D eigenvalue weighted by Gasteiger charge is -2.37. The van der Waals surface area contributed by atoms with E-state index >= 15 is 0 Å². The molecule has 7 nitrogen and oxygen atoms in total. The van der Waals surface area contributed by atoms with E-state index in [2.05, 4.69) is 15.9 Å². The highest BCUT2D eigenvalue weighted by Crippen LogP contribution is 2.39. The largest absolute Gasteiger partial charge is 0.493 e. The SMILES string of the molecule is COC(=O)c1ccc(OCC2c3cc(OC)c(OC)cc3CCN2C(=O)c2ccc(Br)cc2)cc1. The van der Waals surface area contributed by atoms with Crippen LogP contribution in [0.3, 0.4) is 0 Å². The lowest BCUT2D eigenvalue weighted by Crippen LogP contribution is -2.42. The Balaban J connectivity index is 1.66. The molecule has 1 amide bonds. The normalized spacial score (nSPS) is 14.6. The summed E-state index contributed by atoms with van der Waals surface area (Å²) in [5, 5.41) is 0. The molecular weight excluding hydrogens is 514 g/mol. The summed E-state index contributed by atoms with van der Waals surface area (Å²) < 4.78 is 22.8. The van der Waals surface area contributed by atoms with E-state index in [9.17, 15) is 9.59 Å². The van der Waals surface area contributed by atoms with E-state index in [1.165, 1.54) is 7.11 Å². The van der Waals surface area contributed by atoms with Crippen molar-refractivity contribution in [2.24, 2.45) is 0 Å². The third kappa shape index (κ3) is 5.27. The van der Waals surface area contributed by atoms with E-state index < -0.39 is 5.97 Å². The van der Waals surface area contributed by atoms with Gasteiger partial charge in [-0.3, -0.25) is 4.79 Å². The number of methoxy groups -OCH3 is 3. The van der Waals surface area contributed by atoms with Gasteiger partial charge in [-0.2, -0.15) is 0 Å². The average molecular weight is 540 g/mol. The Morgan fingerprint density at radius 2 is 1.54 bits per heavy atom. The molecule has 0 aliphatic carbocycles. The van der Waals surface area contributed by atoms with Crippen molar-refractivity contribution < 1.29 is 28.5 Å². The van der Waals surface area contributed by atoms with Gasteiger partial charge in [-0.15, -0.1) is 0 Å². The number of ether oxygens (including phenoxy) is 4. The van der Waals surface area contributed by atoms with Gasteiger partial charge in [-0.25, -0.2) is 4.79 Å². The summed E-state index contributed by atoms with van der Waals surface area (Å²) in [6, 6.07) is 17.6. The highest BCUT2D eigenvalue weighted by molar-refractivity contribution is 9.10. The lowest BCUT2D eigenvalue weighted by atomic mass is 9.91. The van der Waals surface area contributed by atoms with Gasteiger partial charge in [0.15, 0.2) is 11.5 Å². The minimum atomic E-state index is -0.412. The number of esters is 1. The number of hydrogen-bond donors (Lipinski definition) is 0. The van der Waals surface area contributed by atoms with Crippen LogP contribution in [0.25, 0.3) is 0 Å². The second-order valence-electron chi connectivity index (χ2n) is 8.00. The first-order valence-corrected chi connectivity index (χ1v) is 11.9. The zero-order valence-electron chi connectivity index (χ0n) is 19.7. The Bertz CT molecular complexity index is 1210. The summed E-state index contributed by atoms with van der Waals surface area (Å²) in [5.41, 5.74) is 3.07. The molecule has 3 aromatic rings. The first-order chi connectivity index (χ1) is 16.9. The van der Waals surface area contributed by atoms with Crippen LogP contribution in [0.2, 0.25) is 0 Å². The van der Waals surface area contributed by atoms with Gasteiger partial charge in [0.25, 0.3) is 5.91 Å². The molecule has 0 saturated heterocycles. The number of amides is 1. The fraction of sp³-hybridized carbons (Fsp3) is 0.259. The van der Waals surface area contributed by atoms with Crippen LogP contribution in [0, 0.1) is 0 Å². The fourth-order valence-corrected chi connectivity index (χ4v) is 4.45. The van der Waals surface area contributed by atoms with E-state index in [-0.39, 0.29) is 18.6 Å². The highest BCUT2D eigenvalue weighted by atomic mass is 79.9. The van der Waals surface area contributed by atoms with Crippen molar-refractivity contribution >= 4 is 27.8 Å². The molecule has 1 aliphatic rings. The molecule has 0 bridgehead atoms. The standard InChI is InChI=1S/C27H26BrNO6/c1-32-24-14-19-12-13-29(26(30)17-4-8-20(28)9-5-17)23(22(19)15-25(24)33-2)16-35-21-10-6-18(7-11-21)27(31)34-3/h4-11,14-15,23H,12-13,16H2,1-3H3. The number of hydrogen-bond acceptors (Lipinski definition) is 6. The van der Waals surface area contributed by atoms with Crippen LogP contribution in [0.5, 0.6) is 17.2 Å². The van der Waals surface area contributed by atoms with Crippen molar-refractivity contribution in [2.45, 2.75) is 12.5 Å². The Morgan fingerprint density at radius 3 is 2.17 bits per heavy atom. The number of carbonyl (C=O) groups excluding carboxylic acids is 2. The van der Waals surface area contributed by atoms with Crippen LogP contribution >= 0.6 is 15.9 Å². The molecule has 182 valence electrons. The molecule has 0 N–H and O–H groups in total. The number of nitrogens with zero attached hydrogens (tertiary/aromatic N) is 1. The van der Waals surface area contributed by atoms with Crippen LogP contribution in [-0.2, 0) is 11.2 Å². The molecular formula is C27H26BrNO6. The summed E-state index contributed by atoms with van der Waals surface area (Å²) in [6.07, 6.45) is 0.683. The van der Waals surface area contributed by atoms with Gasteiger partial charge in [-0.05, 0) is 78.2 Å². The van der Waals surface area contributed by atoms with Crippen molar-refractivity contribution in [3.63, 3.8) is 0 Å². The number of benzene rings is 3. The van der Waals surface area contributed by atoms with Gasteiger partial charge in [0.1, 0.15) is 12.4 Å². The number of carbonyl (C=O) groups is 2. The van der Waals surface area contributed by atoms with Crippen molar-refractivity contribution in [1.29, 1.82) is 0 Å². The van der Waals surface area contributed by atoms with Gasteiger partial charge < -0.3 is 23.8 Å². The Labute approximate surface area is 212 Å². The molecule has 0 saturated carbocycles.